The average molecular weight is 258 g/mol. The molecule has 0 aliphatic carbocycles. The van der Waals surface area contributed by atoms with Crippen LogP contribution in [0.15, 0.2) is 18.5 Å². The lowest BCUT2D eigenvalue weighted by Crippen LogP contribution is -2.49. The van der Waals surface area contributed by atoms with E-state index in [-0.39, 0.29) is 11.1 Å². The lowest BCUT2D eigenvalue weighted by molar-refractivity contribution is 0.00664. The molecule has 0 radical (unpaired) electrons. The second-order valence-electron chi connectivity index (χ2n) is 6.70. The number of rotatable bonds is 1. The van der Waals surface area contributed by atoms with Gasteiger partial charge in [0.15, 0.2) is 5.65 Å². The first-order chi connectivity index (χ1) is 8.78. The third-order valence-electron chi connectivity index (χ3n) is 4.38. The molecule has 4 nitrogen and oxygen atoms in total. The maximum atomic E-state index is 4.54. The van der Waals surface area contributed by atoms with Crippen molar-refractivity contribution in [1.82, 2.24) is 19.5 Å². The van der Waals surface area contributed by atoms with E-state index in [0.29, 0.717) is 6.04 Å². The summed E-state index contributed by atoms with van der Waals surface area (Å²) in [6, 6.07) is 2.42. The Morgan fingerprint density at radius 1 is 1.11 bits per heavy atom. The highest BCUT2D eigenvalue weighted by molar-refractivity contribution is 5.46. The molecule has 0 aromatic carbocycles. The first kappa shape index (κ1) is 12.6. The van der Waals surface area contributed by atoms with Crippen molar-refractivity contribution in [3.05, 3.63) is 29.7 Å². The molecule has 1 aliphatic rings. The van der Waals surface area contributed by atoms with Crippen molar-refractivity contribution in [1.29, 1.82) is 0 Å². The maximum Gasteiger partial charge on any atom is 0.155 e. The molecular weight excluding hydrogens is 236 g/mol. The van der Waals surface area contributed by atoms with Gasteiger partial charge in [0, 0.05) is 29.4 Å². The van der Waals surface area contributed by atoms with Crippen LogP contribution in [0.1, 0.15) is 52.8 Å². The molecular formula is C15H22N4. The molecule has 0 bridgehead atoms. The zero-order chi connectivity index (χ0) is 14.0. The lowest BCUT2D eigenvalue weighted by atomic mass is 9.96. The SMILES string of the molecule is CC(C)N1C(C)(C)c2cnc3ccnn3c2C1(C)C. The van der Waals surface area contributed by atoms with Crippen LogP contribution in [-0.4, -0.2) is 25.5 Å². The topological polar surface area (TPSA) is 33.4 Å². The normalized spacial score (nSPS) is 21.2. The quantitative estimate of drug-likeness (QED) is 0.788. The summed E-state index contributed by atoms with van der Waals surface area (Å²) >= 11 is 0. The van der Waals surface area contributed by atoms with E-state index in [1.54, 1.807) is 0 Å². The summed E-state index contributed by atoms with van der Waals surface area (Å²) in [5.41, 5.74) is 3.39. The van der Waals surface area contributed by atoms with Crippen LogP contribution in [0.4, 0.5) is 0 Å². The molecule has 0 fully saturated rings. The van der Waals surface area contributed by atoms with E-state index >= 15 is 0 Å². The molecule has 0 atom stereocenters. The molecule has 3 heterocycles. The van der Waals surface area contributed by atoms with Gasteiger partial charge in [0.25, 0.3) is 0 Å². The van der Waals surface area contributed by atoms with Crippen molar-refractivity contribution >= 4 is 5.65 Å². The second-order valence-corrected chi connectivity index (χ2v) is 6.70. The van der Waals surface area contributed by atoms with Crippen molar-refractivity contribution in [3.8, 4) is 0 Å². The Balaban J connectivity index is 2.38. The number of fused-ring (bicyclic) bond motifs is 3. The van der Waals surface area contributed by atoms with Crippen molar-refractivity contribution < 1.29 is 0 Å². The Kier molecular flexibility index (Phi) is 2.37. The van der Waals surface area contributed by atoms with Gasteiger partial charge < -0.3 is 0 Å². The fourth-order valence-electron chi connectivity index (χ4n) is 4.14. The average Bonchev–Trinajstić information content (AvgIpc) is 2.77. The van der Waals surface area contributed by atoms with E-state index in [2.05, 4.69) is 56.5 Å². The van der Waals surface area contributed by atoms with E-state index in [0.717, 1.165) is 5.65 Å². The van der Waals surface area contributed by atoms with E-state index in [1.165, 1.54) is 11.3 Å². The van der Waals surface area contributed by atoms with E-state index in [4.69, 9.17) is 0 Å². The van der Waals surface area contributed by atoms with Crippen molar-refractivity contribution in [2.45, 2.75) is 58.7 Å². The van der Waals surface area contributed by atoms with Crippen LogP contribution >= 0.6 is 0 Å². The van der Waals surface area contributed by atoms with Crippen LogP contribution in [-0.2, 0) is 11.1 Å². The molecule has 3 rings (SSSR count). The highest BCUT2D eigenvalue weighted by Gasteiger charge is 2.52. The van der Waals surface area contributed by atoms with E-state index in [9.17, 15) is 0 Å². The number of hydrogen-bond acceptors (Lipinski definition) is 3. The monoisotopic (exact) mass is 258 g/mol. The highest BCUT2D eigenvalue weighted by atomic mass is 15.4. The van der Waals surface area contributed by atoms with Gasteiger partial charge in [-0.2, -0.15) is 5.10 Å². The van der Waals surface area contributed by atoms with Gasteiger partial charge in [-0.15, -0.1) is 0 Å². The Bertz CT molecular complexity index is 637. The molecule has 1 aliphatic heterocycles. The molecule has 0 unspecified atom stereocenters. The van der Waals surface area contributed by atoms with E-state index in [1.807, 2.05) is 23.0 Å². The summed E-state index contributed by atoms with van der Waals surface area (Å²) in [4.78, 5) is 7.09. The van der Waals surface area contributed by atoms with Gasteiger partial charge >= 0.3 is 0 Å². The highest BCUT2D eigenvalue weighted by Crippen LogP contribution is 2.49. The zero-order valence-electron chi connectivity index (χ0n) is 12.6. The predicted molar refractivity (Wildman–Crippen MR) is 76.0 cm³/mol. The molecule has 0 amide bonds. The van der Waals surface area contributed by atoms with Crippen LogP contribution < -0.4 is 0 Å². The molecule has 19 heavy (non-hydrogen) atoms. The third kappa shape index (κ3) is 1.43. The van der Waals surface area contributed by atoms with Gasteiger partial charge in [0.2, 0.25) is 0 Å². The minimum Gasteiger partial charge on any atom is -0.281 e. The van der Waals surface area contributed by atoms with E-state index < -0.39 is 0 Å². The number of hydrogen-bond donors (Lipinski definition) is 0. The lowest BCUT2D eigenvalue weighted by Gasteiger charge is -2.43. The van der Waals surface area contributed by atoms with Gasteiger partial charge in [-0.05, 0) is 41.5 Å². The summed E-state index contributed by atoms with van der Waals surface area (Å²) in [7, 11) is 0. The molecule has 102 valence electrons. The molecule has 2 aromatic heterocycles. The van der Waals surface area contributed by atoms with Gasteiger partial charge in [-0.3, -0.25) is 4.90 Å². The van der Waals surface area contributed by atoms with Gasteiger partial charge in [-0.25, -0.2) is 9.50 Å². The number of aromatic nitrogens is 3. The molecule has 0 spiro atoms. The first-order valence-electron chi connectivity index (χ1n) is 6.91. The van der Waals surface area contributed by atoms with Crippen LogP contribution in [0, 0.1) is 0 Å². The first-order valence-corrected chi connectivity index (χ1v) is 6.91. The van der Waals surface area contributed by atoms with Crippen LogP contribution in [0.3, 0.4) is 0 Å². The third-order valence-corrected chi connectivity index (χ3v) is 4.38. The summed E-state index contributed by atoms with van der Waals surface area (Å²) in [6.07, 6.45) is 3.85. The number of nitrogens with zero attached hydrogens (tertiary/aromatic N) is 4. The fraction of sp³-hybridized carbons (Fsp3) is 0.600. The standard InChI is InChI=1S/C15H22N4/c1-10(2)19-14(3,4)11-9-16-12-7-8-17-18(12)13(11)15(19,5)6/h7-10H,1-6H3. The fourth-order valence-corrected chi connectivity index (χ4v) is 4.14. The Hall–Kier alpha value is -1.42. The molecule has 4 heteroatoms. The maximum absolute atomic E-state index is 4.54. The van der Waals surface area contributed by atoms with Crippen LogP contribution in [0.2, 0.25) is 0 Å². The minimum atomic E-state index is -0.0553. The van der Waals surface area contributed by atoms with Gasteiger partial charge in [0.05, 0.1) is 17.4 Å². The predicted octanol–water partition coefficient (Wildman–Crippen LogP) is 2.92. The van der Waals surface area contributed by atoms with Crippen LogP contribution in [0.5, 0.6) is 0 Å². The Labute approximate surface area is 114 Å². The zero-order valence-corrected chi connectivity index (χ0v) is 12.6. The summed E-state index contributed by atoms with van der Waals surface area (Å²) < 4.78 is 2.00. The smallest absolute Gasteiger partial charge is 0.155 e. The van der Waals surface area contributed by atoms with Gasteiger partial charge in [-0.1, -0.05) is 0 Å². The summed E-state index contributed by atoms with van der Waals surface area (Å²) in [6.45, 7) is 13.6. The minimum absolute atomic E-state index is 0.0276. The van der Waals surface area contributed by atoms with Crippen molar-refractivity contribution in [2.75, 3.05) is 0 Å². The largest absolute Gasteiger partial charge is 0.281 e. The van der Waals surface area contributed by atoms with Crippen molar-refractivity contribution in [3.63, 3.8) is 0 Å². The summed E-state index contributed by atoms with van der Waals surface area (Å²) in [5, 5.41) is 4.47. The molecule has 0 saturated heterocycles. The Morgan fingerprint density at radius 2 is 1.79 bits per heavy atom. The molecule has 0 saturated carbocycles. The summed E-state index contributed by atoms with van der Waals surface area (Å²) in [5.74, 6) is 0. The molecule has 2 aromatic rings. The Morgan fingerprint density at radius 3 is 2.42 bits per heavy atom. The second kappa shape index (κ2) is 3.57. The van der Waals surface area contributed by atoms with Gasteiger partial charge in [0.1, 0.15) is 0 Å². The van der Waals surface area contributed by atoms with Crippen molar-refractivity contribution in [2.24, 2.45) is 0 Å². The van der Waals surface area contributed by atoms with Crippen LogP contribution in [0.25, 0.3) is 5.65 Å². The molecule has 0 N–H and O–H groups in total.